The van der Waals surface area contributed by atoms with Crippen LogP contribution in [0.25, 0.3) is 0 Å². The van der Waals surface area contributed by atoms with Crippen LogP contribution in [0.2, 0.25) is 0 Å². The molecular weight excluding hydrogens is 208 g/mol. The molecule has 12 heavy (non-hydrogen) atoms. The molecule has 0 unspecified atom stereocenters. The van der Waals surface area contributed by atoms with Gasteiger partial charge in [-0.25, -0.2) is 13.2 Å². The summed E-state index contributed by atoms with van der Waals surface area (Å²) in [5.74, 6) is -7.54. The van der Waals surface area contributed by atoms with Gasteiger partial charge in [0, 0.05) is 0 Å². The summed E-state index contributed by atoms with van der Waals surface area (Å²) in [5, 5.41) is 2.12. The molecule has 0 spiro atoms. The molecule has 0 rings (SSSR count). The van der Waals surface area contributed by atoms with Crippen molar-refractivity contribution in [3.8, 4) is 0 Å². The van der Waals surface area contributed by atoms with Crippen molar-refractivity contribution in [2.75, 3.05) is 0 Å². The van der Waals surface area contributed by atoms with E-state index in [1.807, 2.05) is 0 Å². The molecule has 0 saturated heterocycles. The zero-order valence-corrected chi connectivity index (χ0v) is 5.99. The monoisotopic (exact) mass is 210 g/mol. The number of aliphatic carboxylic acids is 1. The Kier molecular flexibility index (Phi) is 2.68. The average molecular weight is 210 g/mol. The van der Waals surface area contributed by atoms with Crippen molar-refractivity contribution < 1.29 is 35.9 Å². The van der Waals surface area contributed by atoms with Gasteiger partial charge >= 0.3 is 17.0 Å². The predicted octanol–water partition coefficient (Wildman–Crippen LogP) is 0.301. The fourth-order valence-electron chi connectivity index (χ4n) is 0.234. The molecule has 0 amide bonds. The number of hydrogen-bond acceptors (Lipinski definition) is 3. The van der Waals surface area contributed by atoms with E-state index < -0.39 is 26.8 Å². The van der Waals surface area contributed by atoms with E-state index in [1.165, 1.54) is 0 Å². The minimum absolute atomic E-state index is 3.12. The summed E-state index contributed by atoms with van der Waals surface area (Å²) in [4.78, 5) is 9.51. The molecule has 0 bridgehead atoms. The molecule has 4 nitrogen and oxygen atoms in total. The normalized spacial score (nSPS) is 13.4. The molecule has 0 aliphatic carbocycles. The average Bonchev–Trinajstić information content (AvgIpc) is 1.86. The van der Waals surface area contributed by atoms with Crippen molar-refractivity contribution in [1.82, 2.24) is 0 Å². The van der Waals surface area contributed by atoms with E-state index in [0.29, 0.717) is 0 Å². The number of halogens is 4. The summed E-state index contributed by atoms with van der Waals surface area (Å²) in [6.45, 7) is 0. The molecule has 0 radical (unpaired) electrons. The minimum Gasteiger partial charge on any atom is -0.476 e. The Hall–Kier alpha value is -0.860. The molecule has 0 aliphatic rings. The number of sulfone groups is 1. The lowest BCUT2D eigenvalue weighted by molar-refractivity contribution is -0.154. The first-order valence-corrected chi connectivity index (χ1v) is 3.81. The van der Waals surface area contributed by atoms with Crippen LogP contribution in [-0.4, -0.2) is 30.5 Å². The van der Waals surface area contributed by atoms with E-state index in [0.717, 1.165) is 0 Å². The highest BCUT2D eigenvalue weighted by Crippen LogP contribution is 2.27. The second-order valence-electron chi connectivity index (χ2n) is 1.63. The van der Waals surface area contributed by atoms with Gasteiger partial charge in [-0.1, -0.05) is 0 Å². The van der Waals surface area contributed by atoms with Gasteiger partial charge in [-0.05, 0) is 0 Å². The number of rotatable bonds is 3. The SMILES string of the molecule is O=C(O)C(F)(F)S(=O)(=O)C(F)F. The third kappa shape index (κ3) is 1.49. The largest absolute Gasteiger partial charge is 0.476 e. The number of hydrogen-bond donors (Lipinski definition) is 1. The van der Waals surface area contributed by atoms with Crippen LogP contribution in [-0.2, 0) is 14.6 Å². The van der Waals surface area contributed by atoms with Gasteiger partial charge in [0.1, 0.15) is 0 Å². The summed E-state index contributed by atoms with van der Waals surface area (Å²) in [6.07, 6.45) is 0. The molecule has 0 fully saturated rings. The van der Waals surface area contributed by atoms with E-state index in [4.69, 9.17) is 5.11 Å². The van der Waals surface area contributed by atoms with Gasteiger partial charge in [0.05, 0.1) is 0 Å². The number of carbonyl (C=O) groups is 1. The summed E-state index contributed by atoms with van der Waals surface area (Å²) in [7, 11) is -6.24. The van der Waals surface area contributed by atoms with E-state index in [2.05, 4.69) is 0 Å². The van der Waals surface area contributed by atoms with Gasteiger partial charge in [-0.2, -0.15) is 17.6 Å². The maximum atomic E-state index is 11.9. The van der Waals surface area contributed by atoms with Crippen LogP contribution in [0.5, 0.6) is 0 Å². The van der Waals surface area contributed by atoms with Crippen molar-refractivity contribution in [2.24, 2.45) is 0 Å². The molecule has 0 atom stereocenters. The molecule has 72 valence electrons. The predicted molar refractivity (Wildman–Crippen MR) is 27.5 cm³/mol. The molecule has 0 aliphatic heterocycles. The Morgan fingerprint density at radius 2 is 1.67 bits per heavy atom. The van der Waals surface area contributed by atoms with E-state index in [1.54, 1.807) is 0 Å². The van der Waals surface area contributed by atoms with Crippen molar-refractivity contribution in [3.63, 3.8) is 0 Å². The smallest absolute Gasteiger partial charge is 0.445 e. The van der Waals surface area contributed by atoms with E-state index in [-0.39, 0.29) is 0 Å². The standard InChI is InChI=1S/C3H2F4O4S/c4-2(5)12(10,11)3(6,7)1(8)9/h2H,(H,8,9). The number of alkyl halides is 4. The molecule has 0 aromatic rings. The van der Waals surface area contributed by atoms with Crippen LogP contribution in [0.1, 0.15) is 0 Å². The molecule has 0 saturated carbocycles. The maximum Gasteiger partial charge on any atom is 0.445 e. The highest BCUT2D eigenvalue weighted by atomic mass is 32.2. The summed E-state index contributed by atoms with van der Waals surface area (Å²) in [6, 6.07) is 0. The highest BCUT2D eigenvalue weighted by molar-refractivity contribution is 7.93. The molecule has 9 heteroatoms. The van der Waals surface area contributed by atoms with Gasteiger partial charge in [0.2, 0.25) is 0 Å². The summed E-state index contributed by atoms with van der Waals surface area (Å²) >= 11 is 0. The van der Waals surface area contributed by atoms with E-state index in [9.17, 15) is 30.8 Å². The second kappa shape index (κ2) is 2.88. The fraction of sp³-hybridized carbons (Fsp3) is 0.667. The van der Waals surface area contributed by atoms with Crippen molar-refractivity contribution in [3.05, 3.63) is 0 Å². The molecule has 1 N–H and O–H groups in total. The summed E-state index contributed by atoms with van der Waals surface area (Å²) in [5.41, 5.74) is 0. The van der Waals surface area contributed by atoms with Crippen LogP contribution in [0.15, 0.2) is 0 Å². The topological polar surface area (TPSA) is 71.4 Å². The van der Waals surface area contributed by atoms with Gasteiger partial charge in [0.25, 0.3) is 9.84 Å². The van der Waals surface area contributed by atoms with Crippen molar-refractivity contribution in [1.29, 1.82) is 0 Å². The third-order valence-electron chi connectivity index (χ3n) is 0.841. The first-order chi connectivity index (χ1) is 5.14. The molecule has 0 aromatic heterocycles. The first kappa shape index (κ1) is 11.1. The van der Waals surface area contributed by atoms with Gasteiger partial charge in [0.15, 0.2) is 0 Å². The number of carboxylic acids is 1. The Balaban J connectivity index is 5.19. The first-order valence-electron chi connectivity index (χ1n) is 2.27. The quantitative estimate of drug-likeness (QED) is 0.680. The van der Waals surface area contributed by atoms with Crippen molar-refractivity contribution in [2.45, 2.75) is 11.0 Å². The van der Waals surface area contributed by atoms with Gasteiger partial charge in [-0.15, -0.1) is 0 Å². The lowest BCUT2D eigenvalue weighted by atomic mass is 10.7. The number of carboxylic acid groups (broad SMARTS) is 1. The zero-order chi connectivity index (χ0) is 10.2. The van der Waals surface area contributed by atoms with Gasteiger partial charge < -0.3 is 5.11 Å². The molecule has 0 aromatic carbocycles. The minimum atomic E-state index is -6.24. The van der Waals surface area contributed by atoms with Crippen LogP contribution < -0.4 is 0 Å². The second-order valence-corrected chi connectivity index (χ2v) is 3.59. The Bertz CT molecular complexity index is 281. The summed E-state index contributed by atoms with van der Waals surface area (Å²) < 4.78 is 66.3. The Morgan fingerprint density at radius 3 is 1.75 bits per heavy atom. The van der Waals surface area contributed by atoms with Crippen LogP contribution in [0.4, 0.5) is 17.6 Å². The lowest BCUT2D eigenvalue weighted by Crippen LogP contribution is -2.41. The van der Waals surface area contributed by atoms with Crippen LogP contribution in [0, 0.1) is 0 Å². The zero-order valence-electron chi connectivity index (χ0n) is 5.17. The van der Waals surface area contributed by atoms with E-state index >= 15 is 0 Å². The maximum absolute atomic E-state index is 11.9. The highest BCUT2D eigenvalue weighted by Gasteiger charge is 2.57. The fourth-order valence-corrected chi connectivity index (χ4v) is 0.701. The third-order valence-corrected chi connectivity index (χ3v) is 2.20. The molecular formula is C3H2F4O4S. The van der Waals surface area contributed by atoms with Gasteiger partial charge in [-0.3, -0.25) is 0 Å². The molecule has 0 heterocycles. The lowest BCUT2D eigenvalue weighted by Gasteiger charge is -2.10. The van der Waals surface area contributed by atoms with Crippen molar-refractivity contribution >= 4 is 15.8 Å². The Labute approximate surface area is 63.7 Å². The Morgan fingerprint density at radius 1 is 1.33 bits per heavy atom. The van der Waals surface area contributed by atoms with Crippen LogP contribution >= 0.6 is 0 Å². The van der Waals surface area contributed by atoms with Crippen LogP contribution in [0.3, 0.4) is 0 Å².